The molecule has 0 unspecified atom stereocenters. The summed E-state index contributed by atoms with van der Waals surface area (Å²) in [5.74, 6) is 0. The molecule has 0 saturated heterocycles. The maximum absolute atomic E-state index is 3.78. The summed E-state index contributed by atoms with van der Waals surface area (Å²) < 4.78 is 0. The van der Waals surface area contributed by atoms with E-state index in [0.29, 0.717) is 0 Å². The van der Waals surface area contributed by atoms with Crippen molar-refractivity contribution in [3.8, 4) is 11.1 Å². The summed E-state index contributed by atoms with van der Waals surface area (Å²) in [5, 5.41) is 6.26. The van der Waals surface area contributed by atoms with Crippen molar-refractivity contribution in [2.75, 3.05) is 5.32 Å². The summed E-state index contributed by atoms with van der Waals surface area (Å²) in [5.41, 5.74) is 9.60. The van der Waals surface area contributed by atoms with E-state index in [9.17, 15) is 0 Å². The molecule has 36 heavy (non-hydrogen) atoms. The van der Waals surface area contributed by atoms with Crippen LogP contribution in [0.4, 0.5) is 11.4 Å². The van der Waals surface area contributed by atoms with Crippen LogP contribution in [-0.4, -0.2) is 0 Å². The summed E-state index contributed by atoms with van der Waals surface area (Å²) in [6.45, 7) is 0. The largest absolute Gasteiger partial charge is 0.355 e. The van der Waals surface area contributed by atoms with Gasteiger partial charge in [-0.05, 0) is 56.8 Å². The number of rotatable bonds is 4. The highest BCUT2D eigenvalue weighted by Crippen LogP contribution is 2.58. The van der Waals surface area contributed by atoms with E-state index in [4.69, 9.17) is 0 Å². The molecule has 0 atom stereocenters. The third-order valence-electron chi connectivity index (χ3n) is 7.51. The van der Waals surface area contributed by atoms with Gasteiger partial charge in [0.25, 0.3) is 0 Å². The van der Waals surface area contributed by atoms with Crippen LogP contribution in [0.3, 0.4) is 0 Å². The van der Waals surface area contributed by atoms with E-state index in [0.717, 1.165) is 11.4 Å². The second kappa shape index (κ2) is 8.25. The normalized spacial score (nSPS) is 13.2. The molecule has 0 heterocycles. The Hall–Kier alpha value is -4.62. The number of hydrogen-bond donors (Lipinski definition) is 1. The Morgan fingerprint density at radius 3 is 1.81 bits per heavy atom. The molecular formula is C35H25N. The SMILES string of the molecule is c1ccc(C2(c3ccccc3)c3ccccc3-c3c(Nc4ccc5ccccc5c4)cccc32)cc1. The first-order chi connectivity index (χ1) is 17.9. The molecule has 1 aliphatic carbocycles. The van der Waals surface area contributed by atoms with Crippen LogP contribution in [0.5, 0.6) is 0 Å². The van der Waals surface area contributed by atoms with E-state index in [-0.39, 0.29) is 5.41 Å². The van der Waals surface area contributed by atoms with Gasteiger partial charge in [0.1, 0.15) is 0 Å². The molecule has 170 valence electrons. The fourth-order valence-corrected chi connectivity index (χ4v) is 6.02. The molecule has 0 bridgehead atoms. The summed E-state index contributed by atoms with van der Waals surface area (Å²) in [7, 11) is 0. The second-order valence-electron chi connectivity index (χ2n) is 9.44. The third-order valence-corrected chi connectivity index (χ3v) is 7.51. The van der Waals surface area contributed by atoms with Gasteiger partial charge < -0.3 is 5.32 Å². The predicted molar refractivity (Wildman–Crippen MR) is 151 cm³/mol. The lowest BCUT2D eigenvalue weighted by atomic mass is 9.68. The first kappa shape index (κ1) is 20.7. The standard InChI is InChI=1S/C35H25N/c1-3-14-27(15-4-1)35(28-16-5-2-6-17-28)31-19-10-9-18-30(31)34-32(35)20-11-21-33(34)36-29-23-22-25-12-7-8-13-26(25)24-29/h1-24,36H. The van der Waals surface area contributed by atoms with Crippen molar-refractivity contribution in [3.05, 3.63) is 168 Å². The van der Waals surface area contributed by atoms with Crippen molar-refractivity contribution < 1.29 is 0 Å². The minimum Gasteiger partial charge on any atom is -0.355 e. The molecule has 6 aromatic carbocycles. The van der Waals surface area contributed by atoms with Gasteiger partial charge in [0, 0.05) is 16.9 Å². The van der Waals surface area contributed by atoms with Crippen molar-refractivity contribution >= 4 is 22.1 Å². The molecule has 0 radical (unpaired) electrons. The van der Waals surface area contributed by atoms with Crippen molar-refractivity contribution in [1.29, 1.82) is 0 Å². The van der Waals surface area contributed by atoms with Crippen molar-refractivity contribution in [3.63, 3.8) is 0 Å². The van der Waals surface area contributed by atoms with Gasteiger partial charge in [-0.25, -0.2) is 0 Å². The van der Waals surface area contributed by atoms with Crippen molar-refractivity contribution in [2.45, 2.75) is 5.41 Å². The van der Waals surface area contributed by atoms with Crippen LogP contribution in [0.15, 0.2) is 146 Å². The zero-order chi connectivity index (χ0) is 24.0. The molecule has 1 heteroatoms. The van der Waals surface area contributed by atoms with Crippen LogP contribution in [0.1, 0.15) is 22.3 Å². The van der Waals surface area contributed by atoms with Gasteiger partial charge in [-0.3, -0.25) is 0 Å². The van der Waals surface area contributed by atoms with Crippen LogP contribution >= 0.6 is 0 Å². The van der Waals surface area contributed by atoms with E-state index in [1.807, 2.05) is 0 Å². The van der Waals surface area contributed by atoms with Gasteiger partial charge in [0.2, 0.25) is 0 Å². The fourth-order valence-electron chi connectivity index (χ4n) is 6.02. The Bertz CT molecular complexity index is 1660. The average molecular weight is 460 g/mol. The van der Waals surface area contributed by atoms with Crippen LogP contribution in [0.25, 0.3) is 21.9 Å². The van der Waals surface area contributed by atoms with Gasteiger partial charge in [0.05, 0.1) is 5.41 Å². The first-order valence-corrected chi connectivity index (χ1v) is 12.5. The number of hydrogen-bond acceptors (Lipinski definition) is 1. The highest BCUT2D eigenvalue weighted by atomic mass is 14.9. The molecule has 7 rings (SSSR count). The Kier molecular flexibility index (Phi) is 4.75. The average Bonchev–Trinajstić information content (AvgIpc) is 3.26. The topological polar surface area (TPSA) is 12.0 Å². The maximum Gasteiger partial charge on any atom is 0.0714 e. The second-order valence-corrected chi connectivity index (χ2v) is 9.44. The lowest BCUT2D eigenvalue weighted by molar-refractivity contribution is 0.768. The summed E-state index contributed by atoms with van der Waals surface area (Å²) >= 11 is 0. The Labute approximate surface area is 211 Å². The Balaban J connectivity index is 1.50. The molecule has 6 aromatic rings. The molecular weight excluding hydrogens is 434 g/mol. The van der Waals surface area contributed by atoms with Crippen LogP contribution < -0.4 is 5.32 Å². The van der Waals surface area contributed by atoms with Crippen LogP contribution in [-0.2, 0) is 5.41 Å². The first-order valence-electron chi connectivity index (χ1n) is 12.5. The minimum atomic E-state index is -0.379. The predicted octanol–water partition coefficient (Wildman–Crippen LogP) is 8.95. The van der Waals surface area contributed by atoms with E-state index in [1.165, 1.54) is 44.2 Å². The van der Waals surface area contributed by atoms with E-state index < -0.39 is 0 Å². The highest BCUT2D eigenvalue weighted by molar-refractivity contribution is 5.95. The molecule has 1 nitrogen and oxygen atoms in total. The smallest absolute Gasteiger partial charge is 0.0714 e. The molecule has 0 aliphatic heterocycles. The Morgan fingerprint density at radius 1 is 0.444 bits per heavy atom. The molecule has 0 saturated carbocycles. The van der Waals surface area contributed by atoms with Gasteiger partial charge in [-0.1, -0.05) is 127 Å². The zero-order valence-corrected chi connectivity index (χ0v) is 19.9. The van der Waals surface area contributed by atoms with Crippen LogP contribution in [0.2, 0.25) is 0 Å². The molecule has 1 N–H and O–H groups in total. The van der Waals surface area contributed by atoms with Gasteiger partial charge in [0.15, 0.2) is 0 Å². The van der Waals surface area contributed by atoms with Gasteiger partial charge in [-0.2, -0.15) is 0 Å². The Morgan fingerprint density at radius 2 is 1.06 bits per heavy atom. The van der Waals surface area contributed by atoms with Crippen molar-refractivity contribution in [1.82, 2.24) is 0 Å². The zero-order valence-electron chi connectivity index (χ0n) is 19.9. The minimum absolute atomic E-state index is 0.379. The van der Waals surface area contributed by atoms with Crippen molar-refractivity contribution in [2.24, 2.45) is 0 Å². The molecule has 0 amide bonds. The molecule has 1 aliphatic rings. The summed E-state index contributed by atoms with van der Waals surface area (Å²) in [4.78, 5) is 0. The van der Waals surface area contributed by atoms with E-state index >= 15 is 0 Å². The quantitative estimate of drug-likeness (QED) is 0.277. The number of benzene rings is 6. The van der Waals surface area contributed by atoms with Gasteiger partial charge in [-0.15, -0.1) is 0 Å². The summed E-state index contributed by atoms with van der Waals surface area (Å²) in [6, 6.07) is 52.6. The number of nitrogens with one attached hydrogen (secondary N) is 1. The molecule has 0 fully saturated rings. The third kappa shape index (κ3) is 3.03. The van der Waals surface area contributed by atoms with E-state index in [1.54, 1.807) is 0 Å². The fraction of sp³-hybridized carbons (Fsp3) is 0.0286. The number of fused-ring (bicyclic) bond motifs is 4. The molecule has 0 aromatic heterocycles. The lowest BCUT2D eigenvalue weighted by Crippen LogP contribution is -2.28. The van der Waals surface area contributed by atoms with E-state index in [2.05, 4.69) is 151 Å². The summed E-state index contributed by atoms with van der Waals surface area (Å²) in [6.07, 6.45) is 0. The van der Waals surface area contributed by atoms with Crippen LogP contribution in [0, 0.1) is 0 Å². The maximum atomic E-state index is 3.78. The monoisotopic (exact) mass is 459 g/mol. The van der Waals surface area contributed by atoms with Gasteiger partial charge >= 0.3 is 0 Å². The number of anilines is 2. The molecule has 0 spiro atoms. The lowest BCUT2D eigenvalue weighted by Gasteiger charge is -2.33. The highest BCUT2D eigenvalue weighted by Gasteiger charge is 2.46.